The van der Waals surface area contributed by atoms with Crippen molar-refractivity contribution in [2.75, 3.05) is 0 Å². The van der Waals surface area contributed by atoms with Crippen LogP contribution in [0.4, 0.5) is 0 Å². The predicted octanol–water partition coefficient (Wildman–Crippen LogP) is 5.55. The molecule has 0 N–H and O–H groups in total. The van der Waals surface area contributed by atoms with Crippen LogP contribution in [0.2, 0.25) is 0 Å². The van der Waals surface area contributed by atoms with E-state index < -0.39 is 0 Å². The van der Waals surface area contributed by atoms with Crippen molar-refractivity contribution in [1.82, 2.24) is 14.8 Å². The first-order valence-corrected chi connectivity index (χ1v) is 10.0. The highest BCUT2D eigenvalue weighted by Crippen LogP contribution is 2.42. The maximum atomic E-state index is 13.3. The van der Waals surface area contributed by atoms with Gasteiger partial charge in [-0.3, -0.25) is 4.79 Å². The molecule has 0 fully saturated rings. The third-order valence-electron chi connectivity index (χ3n) is 5.69. The largest absolute Gasteiger partial charge is 0.294 e. The Balaban J connectivity index is 1.91. The summed E-state index contributed by atoms with van der Waals surface area (Å²) < 4.78 is 1.91. The molecule has 0 bridgehead atoms. The molecule has 0 amide bonds. The Hall–Kier alpha value is -3.27. The lowest BCUT2D eigenvalue weighted by Gasteiger charge is -2.31. The minimum atomic E-state index is -0.0919. The summed E-state index contributed by atoms with van der Waals surface area (Å²) >= 11 is 0. The molecule has 1 aliphatic carbocycles. The Morgan fingerprint density at radius 3 is 2.24 bits per heavy atom. The molecular formula is C25H23N3O. The molecule has 29 heavy (non-hydrogen) atoms. The van der Waals surface area contributed by atoms with E-state index in [9.17, 15) is 4.79 Å². The molecule has 5 rings (SSSR count). The smallest absolute Gasteiger partial charge is 0.165 e. The van der Waals surface area contributed by atoms with Gasteiger partial charge in [-0.1, -0.05) is 62.4 Å². The fourth-order valence-corrected chi connectivity index (χ4v) is 4.47. The summed E-state index contributed by atoms with van der Waals surface area (Å²) in [5.74, 6) is 0.177. The number of nitrogens with zero attached hydrogens (tertiary/aromatic N) is 3. The zero-order valence-corrected chi connectivity index (χ0v) is 16.9. The van der Waals surface area contributed by atoms with Gasteiger partial charge in [-0.25, -0.2) is 9.67 Å². The second kappa shape index (κ2) is 6.38. The van der Waals surface area contributed by atoms with Crippen molar-refractivity contribution in [2.45, 2.75) is 33.6 Å². The maximum Gasteiger partial charge on any atom is 0.165 e. The van der Waals surface area contributed by atoms with Crippen LogP contribution in [0.3, 0.4) is 0 Å². The molecule has 0 atom stereocenters. The summed E-state index contributed by atoms with van der Waals surface area (Å²) in [6.45, 7) is 6.28. The van der Waals surface area contributed by atoms with E-state index in [4.69, 9.17) is 10.1 Å². The molecule has 2 heterocycles. The topological polar surface area (TPSA) is 47.8 Å². The number of rotatable bonds is 2. The molecule has 0 saturated carbocycles. The molecule has 2 aromatic carbocycles. The van der Waals surface area contributed by atoms with Crippen LogP contribution >= 0.6 is 0 Å². The van der Waals surface area contributed by atoms with Gasteiger partial charge in [-0.2, -0.15) is 5.10 Å². The number of aromatic nitrogens is 3. The number of ketones is 1. The van der Waals surface area contributed by atoms with Gasteiger partial charge in [-0.15, -0.1) is 0 Å². The van der Waals surface area contributed by atoms with Crippen LogP contribution in [0.5, 0.6) is 0 Å². The van der Waals surface area contributed by atoms with Gasteiger partial charge < -0.3 is 0 Å². The minimum Gasteiger partial charge on any atom is -0.294 e. The Labute approximate surface area is 170 Å². The highest BCUT2D eigenvalue weighted by molar-refractivity contribution is 6.11. The summed E-state index contributed by atoms with van der Waals surface area (Å²) in [6.07, 6.45) is 1.32. The van der Waals surface area contributed by atoms with Crippen molar-refractivity contribution in [3.05, 3.63) is 77.6 Å². The highest BCUT2D eigenvalue weighted by Gasteiger charge is 2.36. The molecule has 0 aliphatic heterocycles. The molecule has 144 valence electrons. The predicted molar refractivity (Wildman–Crippen MR) is 115 cm³/mol. The number of carbonyl (C=O) groups is 1. The van der Waals surface area contributed by atoms with Crippen molar-refractivity contribution >= 4 is 16.8 Å². The van der Waals surface area contributed by atoms with Crippen LogP contribution in [0, 0.1) is 12.3 Å². The van der Waals surface area contributed by atoms with Crippen molar-refractivity contribution in [3.63, 3.8) is 0 Å². The average molecular weight is 381 g/mol. The molecule has 0 saturated heterocycles. The first-order chi connectivity index (χ1) is 13.9. The lowest BCUT2D eigenvalue weighted by atomic mass is 9.73. The Morgan fingerprint density at radius 2 is 1.55 bits per heavy atom. The van der Waals surface area contributed by atoms with E-state index in [0.717, 1.165) is 51.2 Å². The second-order valence-corrected chi connectivity index (χ2v) is 8.65. The highest BCUT2D eigenvalue weighted by atomic mass is 16.1. The zero-order chi connectivity index (χ0) is 20.2. The molecular weight excluding hydrogens is 358 g/mol. The molecule has 0 unspecified atom stereocenters. The normalized spacial score (nSPS) is 15.5. The van der Waals surface area contributed by atoms with Gasteiger partial charge in [0.1, 0.15) is 0 Å². The SMILES string of the molecule is Cc1nn(-c2ccccc2)c2nc3c(c(-c4ccccc4)c12)C(=O)CC(C)(C)C3. The number of hydrogen-bond acceptors (Lipinski definition) is 3. The fourth-order valence-electron chi connectivity index (χ4n) is 4.47. The van der Waals surface area contributed by atoms with Crippen molar-refractivity contribution in [1.29, 1.82) is 0 Å². The van der Waals surface area contributed by atoms with Gasteiger partial charge in [0.15, 0.2) is 11.4 Å². The molecule has 4 nitrogen and oxygen atoms in total. The number of para-hydroxylation sites is 1. The van der Waals surface area contributed by atoms with Crippen LogP contribution in [0.15, 0.2) is 60.7 Å². The van der Waals surface area contributed by atoms with Crippen molar-refractivity contribution in [2.24, 2.45) is 5.41 Å². The maximum absolute atomic E-state index is 13.3. The lowest BCUT2D eigenvalue weighted by molar-refractivity contribution is 0.0911. The van der Waals surface area contributed by atoms with E-state index in [0.29, 0.717) is 6.42 Å². The third-order valence-corrected chi connectivity index (χ3v) is 5.69. The standard InChI is InChI=1S/C25H23N3O/c1-16-21-22(17-10-6-4-7-11-17)23-19(14-25(2,3)15-20(23)29)26-24(21)28(27-16)18-12-8-5-9-13-18/h4-13H,14-15H2,1-3H3. The first kappa shape index (κ1) is 17.8. The van der Waals surface area contributed by atoms with Crippen molar-refractivity contribution < 1.29 is 4.79 Å². The molecule has 0 radical (unpaired) electrons. The van der Waals surface area contributed by atoms with Crippen LogP contribution in [0.1, 0.15) is 42.0 Å². The fraction of sp³-hybridized carbons (Fsp3) is 0.240. The molecule has 2 aromatic heterocycles. The van der Waals surface area contributed by atoms with Crippen LogP contribution in [0.25, 0.3) is 27.8 Å². The van der Waals surface area contributed by atoms with E-state index in [1.807, 2.05) is 60.1 Å². The van der Waals surface area contributed by atoms with E-state index in [1.54, 1.807) is 0 Å². The monoisotopic (exact) mass is 381 g/mol. The Kier molecular flexibility index (Phi) is 3.91. The van der Waals surface area contributed by atoms with E-state index in [2.05, 4.69) is 26.0 Å². The third kappa shape index (κ3) is 2.87. The molecule has 4 heteroatoms. The first-order valence-electron chi connectivity index (χ1n) is 10.0. The number of benzene rings is 2. The summed E-state index contributed by atoms with van der Waals surface area (Å²) in [5, 5.41) is 5.79. The van der Waals surface area contributed by atoms with E-state index >= 15 is 0 Å². The van der Waals surface area contributed by atoms with E-state index in [1.165, 1.54) is 0 Å². The average Bonchev–Trinajstić information content (AvgIpc) is 3.03. The number of aryl methyl sites for hydroxylation is 1. The molecule has 4 aromatic rings. The molecule has 0 spiro atoms. The number of hydrogen-bond donors (Lipinski definition) is 0. The summed E-state index contributed by atoms with van der Waals surface area (Å²) in [7, 11) is 0. The van der Waals surface area contributed by atoms with Gasteiger partial charge in [0.2, 0.25) is 0 Å². The summed E-state index contributed by atoms with van der Waals surface area (Å²) in [5.41, 5.74) is 6.26. The zero-order valence-electron chi connectivity index (χ0n) is 16.9. The number of fused-ring (bicyclic) bond motifs is 2. The number of Topliss-reactive ketones (excluding diaryl/α,β-unsaturated/α-hetero) is 1. The van der Waals surface area contributed by atoms with Gasteiger partial charge in [0.05, 0.1) is 22.5 Å². The Morgan fingerprint density at radius 1 is 0.897 bits per heavy atom. The summed E-state index contributed by atoms with van der Waals surface area (Å²) in [6, 6.07) is 20.2. The minimum absolute atomic E-state index is 0.0919. The van der Waals surface area contributed by atoms with Gasteiger partial charge in [0.25, 0.3) is 0 Å². The Bertz CT molecular complexity index is 1240. The number of carbonyl (C=O) groups excluding carboxylic acids is 1. The molecule has 1 aliphatic rings. The second-order valence-electron chi connectivity index (χ2n) is 8.65. The van der Waals surface area contributed by atoms with Crippen LogP contribution < -0.4 is 0 Å². The van der Waals surface area contributed by atoms with Gasteiger partial charge in [0, 0.05) is 17.5 Å². The quantitative estimate of drug-likeness (QED) is 0.457. The summed E-state index contributed by atoms with van der Waals surface area (Å²) in [4.78, 5) is 18.3. The lowest BCUT2D eigenvalue weighted by Crippen LogP contribution is -2.28. The van der Waals surface area contributed by atoms with Crippen LogP contribution in [-0.4, -0.2) is 20.5 Å². The number of pyridine rings is 1. The van der Waals surface area contributed by atoms with Crippen LogP contribution in [-0.2, 0) is 6.42 Å². The van der Waals surface area contributed by atoms with Crippen molar-refractivity contribution in [3.8, 4) is 16.8 Å². The van der Waals surface area contributed by atoms with E-state index in [-0.39, 0.29) is 11.2 Å². The van der Waals surface area contributed by atoms with Gasteiger partial charge in [-0.05, 0) is 36.5 Å². The van der Waals surface area contributed by atoms with Gasteiger partial charge >= 0.3 is 0 Å².